The highest BCUT2D eigenvalue weighted by molar-refractivity contribution is 9.10. The Morgan fingerprint density at radius 2 is 2.00 bits per heavy atom. The van der Waals surface area contributed by atoms with Gasteiger partial charge in [-0.05, 0) is 23.8 Å². The number of methoxy groups -OCH3 is 1. The van der Waals surface area contributed by atoms with Gasteiger partial charge in [0, 0.05) is 10.0 Å². The molecule has 2 rings (SSSR count). The molecule has 2 aromatic carbocycles. The highest BCUT2D eigenvalue weighted by Gasteiger charge is 2.19. The summed E-state index contributed by atoms with van der Waals surface area (Å²) in [6, 6.07) is 12.1. The third-order valence-electron chi connectivity index (χ3n) is 2.87. The highest BCUT2D eigenvalue weighted by Crippen LogP contribution is 2.29. The van der Waals surface area contributed by atoms with E-state index >= 15 is 0 Å². The first kappa shape index (κ1) is 14.0. The van der Waals surface area contributed by atoms with E-state index in [1.807, 2.05) is 24.3 Å². The molecule has 3 nitrogen and oxygen atoms in total. The molecule has 0 aromatic heterocycles. The fourth-order valence-electron chi connectivity index (χ4n) is 1.96. The van der Waals surface area contributed by atoms with Gasteiger partial charge in [-0.2, -0.15) is 0 Å². The maximum absolute atomic E-state index is 14.3. The molecule has 5 heteroatoms. The Hall–Kier alpha value is -1.43. The summed E-state index contributed by atoms with van der Waals surface area (Å²) in [6.45, 7) is 0. The molecule has 100 valence electrons. The van der Waals surface area contributed by atoms with Crippen LogP contribution in [0.25, 0.3) is 0 Å². The molecule has 0 aliphatic carbocycles. The summed E-state index contributed by atoms with van der Waals surface area (Å²) in [6.07, 6.45) is 0. The van der Waals surface area contributed by atoms with E-state index < -0.39 is 11.9 Å². The number of hydrogen-bond acceptors (Lipinski definition) is 3. The van der Waals surface area contributed by atoms with Crippen LogP contribution in [-0.4, -0.2) is 7.11 Å². The molecule has 3 N–H and O–H groups in total. The van der Waals surface area contributed by atoms with E-state index in [4.69, 9.17) is 10.6 Å². The van der Waals surface area contributed by atoms with Crippen LogP contribution in [0.4, 0.5) is 4.39 Å². The fraction of sp³-hybridized carbons (Fsp3) is 0.143. The number of nitrogens with two attached hydrogens (primary N) is 1. The third kappa shape index (κ3) is 2.94. The number of hydrazine groups is 1. The third-order valence-corrected chi connectivity index (χ3v) is 3.37. The monoisotopic (exact) mass is 324 g/mol. The van der Waals surface area contributed by atoms with E-state index in [2.05, 4.69) is 21.4 Å². The van der Waals surface area contributed by atoms with Gasteiger partial charge in [0.15, 0.2) is 11.6 Å². The quantitative estimate of drug-likeness (QED) is 0.671. The van der Waals surface area contributed by atoms with Crippen LogP contribution in [0, 0.1) is 5.82 Å². The maximum Gasteiger partial charge on any atom is 0.170 e. The minimum absolute atomic E-state index is 0.202. The summed E-state index contributed by atoms with van der Waals surface area (Å²) in [4.78, 5) is 0. The molecule has 0 saturated heterocycles. The number of hydrogen-bond donors (Lipinski definition) is 2. The number of nitrogens with one attached hydrogen (secondary N) is 1. The molecule has 0 saturated carbocycles. The van der Waals surface area contributed by atoms with Crippen LogP contribution in [-0.2, 0) is 0 Å². The molecule has 1 unspecified atom stereocenters. The number of halogens is 2. The van der Waals surface area contributed by atoms with Crippen molar-refractivity contribution in [2.24, 2.45) is 5.84 Å². The molecule has 0 radical (unpaired) electrons. The van der Waals surface area contributed by atoms with Crippen molar-refractivity contribution in [3.8, 4) is 5.75 Å². The lowest BCUT2D eigenvalue weighted by atomic mass is 9.98. The largest absolute Gasteiger partial charge is 0.494 e. The van der Waals surface area contributed by atoms with Gasteiger partial charge in [0.1, 0.15) is 0 Å². The first-order valence-electron chi connectivity index (χ1n) is 5.71. The topological polar surface area (TPSA) is 47.3 Å². The molecular formula is C14H14BrFN2O. The van der Waals surface area contributed by atoms with Gasteiger partial charge in [-0.3, -0.25) is 5.84 Å². The zero-order valence-corrected chi connectivity index (χ0v) is 11.9. The second-order valence-electron chi connectivity index (χ2n) is 4.02. The summed E-state index contributed by atoms with van der Waals surface area (Å²) in [5.41, 5.74) is 3.95. The lowest BCUT2D eigenvalue weighted by Gasteiger charge is -2.18. The smallest absolute Gasteiger partial charge is 0.170 e. The Morgan fingerprint density at radius 1 is 1.26 bits per heavy atom. The average Bonchev–Trinajstić information content (AvgIpc) is 2.41. The zero-order chi connectivity index (χ0) is 13.8. The van der Waals surface area contributed by atoms with Crippen molar-refractivity contribution in [1.82, 2.24) is 5.43 Å². The Balaban J connectivity index is 2.48. The average molecular weight is 325 g/mol. The summed E-state index contributed by atoms with van der Waals surface area (Å²) < 4.78 is 20.2. The van der Waals surface area contributed by atoms with Crippen LogP contribution in [0.3, 0.4) is 0 Å². The van der Waals surface area contributed by atoms with E-state index in [-0.39, 0.29) is 5.75 Å². The molecule has 2 aromatic rings. The number of ether oxygens (including phenoxy) is 1. The van der Waals surface area contributed by atoms with Gasteiger partial charge in [0.2, 0.25) is 0 Å². The molecule has 0 spiro atoms. The lowest BCUT2D eigenvalue weighted by molar-refractivity contribution is 0.381. The predicted molar refractivity (Wildman–Crippen MR) is 76.3 cm³/mol. The van der Waals surface area contributed by atoms with Crippen LogP contribution in [0.2, 0.25) is 0 Å². The summed E-state index contributed by atoms with van der Waals surface area (Å²) in [5, 5.41) is 0. The van der Waals surface area contributed by atoms with Crippen molar-refractivity contribution in [2.45, 2.75) is 6.04 Å². The Bertz CT molecular complexity index is 577. The second kappa shape index (κ2) is 6.14. The van der Waals surface area contributed by atoms with E-state index in [1.54, 1.807) is 18.2 Å². The van der Waals surface area contributed by atoms with Gasteiger partial charge in [-0.15, -0.1) is 0 Å². The van der Waals surface area contributed by atoms with Crippen LogP contribution in [0.5, 0.6) is 5.75 Å². The van der Waals surface area contributed by atoms with E-state index in [9.17, 15) is 4.39 Å². The lowest BCUT2D eigenvalue weighted by Crippen LogP contribution is -2.29. The van der Waals surface area contributed by atoms with E-state index in [0.29, 0.717) is 5.56 Å². The van der Waals surface area contributed by atoms with Gasteiger partial charge in [0.25, 0.3) is 0 Å². The van der Waals surface area contributed by atoms with E-state index in [1.165, 1.54) is 7.11 Å². The van der Waals surface area contributed by atoms with Crippen molar-refractivity contribution in [2.75, 3.05) is 7.11 Å². The summed E-state index contributed by atoms with van der Waals surface area (Å²) in [7, 11) is 1.44. The van der Waals surface area contributed by atoms with Crippen molar-refractivity contribution < 1.29 is 9.13 Å². The highest BCUT2D eigenvalue weighted by atomic mass is 79.9. The fourth-order valence-corrected chi connectivity index (χ4v) is 2.38. The molecule has 1 atom stereocenters. The van der Waals surface area contributed by atoms with Crippen LogP contribution < -0.4 is 16.0 Å². The van der Waals surface area contributed by atoms with E-state index in [0.717, 1.165) is 10.0 Å². The molecule has 0 heterocycles. The number of benzene rings is 2. The Morgan fingerprint density at radius 3 is 2.63 bits per heavy atom. The van der Waals surface area contributed by atoms with Gasteiger partial charge < -0.3 is 4.74 Å². The van der Waals surface area contributed by atoms with Crippen LogP contribution in [0.1, 0.15) is 17.2 Å². The van der Waals surface area contributed by atoms with Crippen molar-refractivity contribution in [3.63, 3.8) is 0 Å². The van der Waals surface area contributed by atoms with Gasteiger partial charge in [0.05, 0.1) is 13.2 Å². The standard InChI is InChI=1S/C14H14BrFN2O/c1-19-12-7-3-6-11(13(12)16)14(18-17)9-4-2-5-10(15)8-9/h2-8,14,18H,17H2,1H3. The zero-order valence-electron chi connectivity index (χ0n) is 10.4. The van der Waals surface area contributed by atoms with Crippen molar-refractivity contribution in [3.05, 3.63) is 63.9 Å². The Labute approximate surface area is 119 Å². The van der Waals surface area contributed by atoms with Crippen molar-refractivity contribution >= 4 is 15.9 Å². The molecular weight excluding hydrogens is 311 g/mol. The summed E-state index contributed by atoms with van der Waals surface area (Å²) >= 11 is 3.39. The maximum atomic E-state index is 14.3. The van der Waals surface area contributed by atoms with Gasteiger partial charge in [-0.25, -0.2) is 9.82 Å². The molecule has 0 fully saturated rings. The first-order valence-corrected chi connectivity index (χ1v) is 6.50. The summed E-state index contributed by atoms with van der Waals surface area (Å²) in [5.74, 6) is 5.37. The Kier molecular flexibility index (Phi) is 4.52. The van der Waals surface area contributed by atoms with Crippen LogP contribution >= 0.6 is 15.9 Å². The number of rotatable bonds is 4. The molecule has 0 aliphatic heterocycles. The van der Waals surface area contributed by atoms with Gasteiger partial charge in [-0.1, -0.05) is 40.2 Å². The minimum Gasteiger partial charge on any atom is -0.494 e. The first-order chi connectivity index (χ1) is 9.17. The SMILES string of the molecule is COc1cccc(C(NN)c2cccc(Br)c2)c1F. The van der Waals surface area contributed by atoms with Crippen molar-refractivity contribution in [1.29, 1.82) is 0 Å². The van der Waals surface area contributed by atoms with Gasteiger partial charge >= 0.3 is 0 Å². The molecule has 0 bridgehead atoms. The minimum atomic E-state index is -0.437. The normalized spacial score (nSPS) is 12.2. The molecule has 0 amide bonds. The predicted octanol–water partition coefficient (Wildman–Crippen LogP) is 3.15. The molecule has 0 aliphatic rings. The second-order valence-corrected chi connectivity index (χ2v) is 4.93. The molecule has 19 heavy (non-hydrogen) atoms. The van der Waals surface area contributed by atoms with Crippen LogP contribution in [0.15, 0.2) is 46.9 Å².